The van der Waals surface area contributed by atoms with E-state index >= 15 is 0 Å². The van der Waals surface area contributed by atoms with Gasteiger partial charge in [0.25, 0.3) is 5.91 Å². The first kappa shape index (κ1) is 16.9. The monoisotopic (exact) mass is 352 g/mol. The second kappa shape index (κ2) is 7.02. The van der Waals surface area contributed by atoms with Crippen molar-refractivity contribution in [2.75, 3.05) is 19.6 Å². The third kappa shape index (κ3) is 3.54. The first-order chi connectivity index (χ1) is 12.6. The number of nitrogens with zero attached hydrogens (tertiary/aromatic N) is 3. The third-order valence-corrected chi connectivity index (χ3v) is 5.50. The van der Waals surface area contributed by atoms with Gasteiger partial charge in [0.05, 0.1) is 0 Å². The largest absolute Gasteiger partial charge is 0.356 e. The van der Waals surface area contributed by atoms with Crippen LogP contribution in [0.4, 0.5) is 0 Å². The molecule has 26 heavy (non-hydrogen) atoms. The minimum atomic E-state index is -0.0515. The lowest BCUT2D eigenvalue weighted by atomic mass is 9.97. The zero-order valence-electron chi connectivity index (χ0n) is 15.0. The maximum Gasteiger partial charge on any atom is 0.272 e. The number of hydrogen-bond donors (Lipinski definition) is 1. The normalized spacial score (nSPS) is 25.1. The van der Waals surface area contributed by atoms with Gasteiger partial charge in [0.1, 0.15) is 5.69 Å². The summed E-state index contributed by atoms with van der Waals surface area (Å²) in [7, 11) is 0. The van der Waals surface area contributed by atoms with E-state index in [0.29, 0.717) is 36.3 Å². The molecule has 0 radical (unpaired) electrons. The fourth-order valence-corrected chi connectivity index (χ4v) is 3.71. The van der Waals surface area contributed by atoms with Gasteiger partial charge in [-0.2, -0.15) is 0 Å². The highest BCUT2D eigenvalue weighted by molar-refractivity contribution is 5.94. The lowest BCUT2D eigenvalue weighted by molar-refractivity contribution is -0.122. The van der Waals surface area contributed by atoms with E-state index in [0.717, 1.165) is 31.2 Å². The number of likely N-dealkylation sites (tertiary alicyclic amines) is 1. The summed E-state index contributed by atoms with van der Waals surface area (Å²) in [5.74, 6) is 1.15. The Kier molecular flexibility index (Phi) is 4.57. The predicted octanol–water partition coefficient (Wildman–Crippen LogP) is 2.25. The SMILES string of the molecule is C[C@@H]1C[C@H]1C(=O)NC[C@@H]1CCCN(C(=O)c2ccc3cccnc3n2)C1. The molecule has 2 fully saturated rings. The second-order valence-corrected chi connectivity index (χ2v) is 7.57. The summed E-state index contributed by atoms with van der Waals surface area (Å²) in [6, 6.07) is 7.45. The Morgan fingerprint density at radius 3 is 2.96 bits per heavy atom. The molecule has 4 rings (SSSR count). The number of nitrogens with one attached hydrogen (secondary N) is 1. The molecule has 2 aliphatic rings. The number of piperidine rings is 1. The molecule has 1 N–H and O–H groups in total. The van der Waals surface area contributed by atoms with E-state index in [1.807, 2.05) is 23.1 Å². The highest BCUT2D eigenvalue weighted by Gasteiger charge is 2.39. The molecule has 2 amide bonds. The summed E-state index contributed by atoms with van der Waals surface area (Å²) in [6.45, 7) is 4.17. The number of hydrogen-bond acceptors (Lipinski definition) is 4. The molecule has 1 saturated carbocycles. The summed E-state index contributed by atoms with van der Waals surface area (Å²) in [5, 5.41) is 3.99. The van der Waals surface area contributed by atoms with Crippen molar-refractivity contribution in [3.63, 3.8) is 0 Å². The fourth-order valence-electron chi connectivity index (χ4n) is 3.71. The van der Waals surface area contributed by atoms with Crippen LogP contribution in [0.5, 0.6) is 0 Å². The fraction of sp³-hybridized carbons (Fsp3) is 0.500. The first-order valence-electron chi connectivity index (χ1n) is 9.40. The van der Waals surface area contributed by atoms with Crippen molar-refractivity contribution in [1.82, 2.24) is 20.2 Å². The topological polar surface area (TPSA) is 75.2 Å². The maximum atomic E-state index is 12.8. The number of carbonyl (C=O) groups is 2. The van der Waals surface area contributed by atoms with Gasteiger partial charge < -0.3 is 10.2 Å². The van der Waals surface area contributed by atoms with Crippen molar-refractivity contribution in [3.05, 3.63) is 36.2 Å². The number of aromatic nitrogens is 2. The molecule has 0 bridgehead atoms. The van der Waals surface area contributed by atoms with E-state index < -0.39 is 0 Å². The quantitative estimate of drug-likeness (QED) is 0.916. The molecular formula is C20H24N4O2. The van der Waals surface area contributed by atoms with Crippen LogP contribution in [0.3, 0.4) is 0 Å². The third-order valence-electron chi connectivity index (χ3n) is 5.50. The molecule has 6 nitrogen and oxygen atoms in total. The standard InChI is InChI=1S/C20H24N4O2/c1-13-10-16(13)19(25)22-11-14-4-3-9-24(12-14)20(26)17-7-6-15-5-2-8-21-18(15)23-17/h2,5-8,13-14,16H,3-4,9-12H2,1H3,(H,22,25)/t13-,14+,16-/m1/s1. The predicted molar refractivity (Wildman–Crippen MR) is 98.4 cm³/mol. The van der Waals surface area contributed by atoms with Gasteiger partial charge in [0.15, 0.2) is 5.65 Å². The van der Waals surface area contributed by atoms with Gasteiger partial charge >= 0.3 is 0 Å². The summed E-state index contributed by atoms with van der Waals surface area (Å²) in [6.07, 6.45) is 4.68. The Hall–Kier alpha value is -2.50. The molecule has 0 unspecified atom stereocenters. The van der Waals surface area contributed by atoms with E-state index in [1.54, 1.807) is 12.3 Å². The van der Waals surface area contributed by atoms with E-state index in [4.69, 9.17) is 0 Å². The number of fused-ring (bicyclic) bond motifs is 1. The lowest BCUT2D eigenvalue weighted by Crippen LogP contribution is -2.44. The first-order valence-corrected chi connectivity index (χ1v) is 9.40. The second-order valence-electron chi connectivity index (χ2n) is 7.57. The highest BCUT2D eigenvalue weighted by atomic mass is 16.2. The summed E-state index contributed by atoms with van der Waals surface area (Å²) in [5.41, 5.74) is 1.03. The number of carbonyl (C=O) groups excluding carboxylic acids is 2. The minimum absolute atomic E-state index is 0.0515. The Balaban J connectivity index is 1.38. The lowest BCUT2D eigenvalue weighted by Gasteiger charge is -2.32. The van der Waals surface area contributed by atoms with Crippen molar-refractivity contribution in [1.29, 1.82) is 0 Å². The molecule has 1 aliphatic carbocycles. The van der Waals surface area contributed by atoms with E-state index in [2.05, 4.69) is 22.2 Å². The van der Waals surface area contributed by atoms with Crippen LogP contribution < -0.4 is 5.32 Å². The molecule has 2 aromatic heterocycles. The molecule has 3 atom stereocenters. The zero-order valence-corrected chi connectivity index (χ0v) is 15.0. The number of amides is 2. The van der Waals surface area contributed by atoms with E-state index in [-0.39, 0.29) is 17.7 Å². The zero-order chi connectivity index (χ0) is 18.1. The van der Waals surface area contributed by atoms with Gasteiger partial charge in [-0.1, -0.05) is 6.92 Å². The molecular weight excluding hydrogens is 328 g/mol. The van der Waals surface area contributed by atoms with Crippen LogP contribution in [-0.2, 0) is 4.79 Å². The van der Waals surface area contributed by atoms with Crippen molar-refractivity contribution in [2.45, 2.75) is 26.2 Å². The van der Waals surface area contributed by atoms with Crippen LogP contribution >= 0.6 is 0 Å². The number of rotatable bonds is 4. The Morgan fingerprint density at radius 1 is 1.31 bits per heavy atom. The summed E-state index contributed by atoms with van der Waals surface area (Å²) >= 11 is 0. The molecule has 1 aliphatic heterocycles. The van der Waals surface area contributed by atoms with Crippen LogP contribution in [0.15, 0.2) is 30.5 Å². The molecule has 2 aromatic rings. The average Bonchev–Trinajstić information content (AvgIpc) is 3.42. The minimum Gasteiger partial charge on any atom is -0.356 e. The summed E-state index contributed by atoms with van der Waals surface area (Å²) < 4.78 is 0. The Bertz CT molecular complexity index is 837. The van der Waals surface area contributed by atoms with Crippen LogP contribution in [-0.4, -0.2) is 46.3 Å². The molecule has 6 heteroatoms. The Morgan fingerprint density at radius 2 is 2.15 bits per heavy atom. The van der Waals surface area contributed by atoms with Gasteiger partial charge in [-0.25, -0.2) is 9.97 Å². The smallest absolute Gasteiger partial charge is 0.272 e. The van der Waals surface area contributed by atoms with Crippen molar-refractivity contribution in [3.8, 4) is 0 Å². The highest BCUT2D eigenvalue weighted by Crippen LogP contribution is 2.37. The van der Waals surface area contributed by atoms with Crippen LogP contribution in [0.1, 0.15) is 36.7 Å². The van der Waals surface area contributed by atoms with Gasteiger partial charge in [-0.3, -0.25) is 9.59 Å². The van der Waals surface area contributed by atoms with Crippen LogP contribution in [0, 0.1) is 17.8 Å². The number of pyridine rings is 2. The van der Waals surface area contributed by atoms with Gasteiger partial charge in [0.2, 0.25) is 5.91 Å². The van der Waals surface area contributed by atoms with Crippen molar-refractivity contribution >= 4 is 22.8 Å². The molecule has 1 saturated heterocycles. The van der Waals surface area contributed by atoms with E-state index in [9.17, 15) is 9.59 Å². The van der Waals surface area contributed by atoms with Gasteiger partial charge in [0, 0.05) is 37.1 Å². The van der Waals surface area contributed by atoms with Crippen molar-refractivity contribution in [2.24, 2.45) is 17.8 Å². The van der Waals surface area contributed by atoms with Crippen molar-refractivity contribution < 1.29 is 9.59 Å². The molecule has 0 aromatic carbocycles. The maximum absolute atomic E-state index is 12.8. The summed E-state index contributed by atoms with van der Waals surface area (Å²) in [4.78, 5) is 35.4. The Labute approximate surface area is 153 Å². The van der Waals surface area contributed by atoms with Gasteiger partial charge in [-0.05, 0) is 55.4 Å². The molecule has 3 heterocycles. The van der Waals surface area contributed by atoms with Crippen LogP contribution in [0.25, 0.3) is 11.0 Å². The van der Waals surface area contributed by atoms with Gasteiger partial charge in [-0.15, -0.1) is 0 Å². The molecule has 0 spiro atoms. The average molecular weight is 352 g/mol. The van der Waals surface area contributed by atoms with E-state index in [1.165, 1.54) is 0 Å². The molecule has 136 valence electrons. The van der Waals surface area contributed by atoms with Crippen LogP contribution in [0.2, 0.25) is 0 Å².